The van der Waals surface area contributed by atoms with Crippen molar-refractivity contribution in [3.63, 3.8) is 0 Å². The van der Waals surface area contributed by atoms with Gasteiger partial charge in [-0.1, -0.05) is 39.8 Å². The molecular weight excluding hydrogens is 234 g/mol. The third-order valence-electron chi connectivity index (χ3n) is 3.73. The summed E-state index contributed by atoms with van der Waals surface area (Å²) in [6, 6.07) is 3.93. The molecule has 1 nitrogen and oxygen atoms in total. The Morgan fingerprint density at radius 2 is 1.83 bits per heavy atom. The summed E-state index contributed by atoms with van der Waals surface area (Å²) in [6.07, 6.45) is -2.39. The molecule has 0 fully saturated rings. The summed E-state index contributed by atoms with van der Waals surface area (Å²) in [7, 11) is 0. The van der Waals surface area contributed by atoms with Gasteiger partial charge in [0.25, 0.3) is 0 Å². The molecule has 18 heavy (non-hydrogen) atoms. The highest BCUT2D eigenvalue weighted by Crippen LogP contribution is 2.45. The fourth-order valence-corrected chi connectivity index (χ4v) is 2.49. The van der Waals surface area contributed by atoms with Crippen molar-refractivity contribution < 1.29 is 13.5 Å². The van der Waals surface area contributed by atoms with Crippen molar-refractivity contribution in [3.8, 4) is 5.75 Å². The van der Waals surface area contributed by atoms with Crippen LogP contribution in [0.25, 0.3) is 0 Å². The molecule has 2 rings (SSSR count). The average Bonchev–Trinajstić information content (AvgIpc) is 2.60. The van der Waals surface area contributed by atoms with Crippen molar-refractivity contribution >= 4 is 0 Å². The quantitative estimate of drug-likeness (QED) is 0.749. The lowest BCUT2D eigenvalue weighted by Gasteiger charge is -2.17. The first-order valence-electron chi connectivity index (χ1n) is 6.58. The van der Waals surface area contributed by atoms with E-state index < -0.39 is 6.11 Å². The van der Waals surface area contributed by atoms with Crippen molar-refractivity contribution in [2.24, 2.45) is 0 Å². The molecule has 0 aliphatic carbocycles. The van der Waals surface area contributed by atoms with E-state index in [0.717, 1.165) is 17.5 Å². The van der Waals surface area contributed by atoms with E-state index in [9.17, 15) is 8.78 Å². The molecular formula is C15H20F2O. The van der Waals surface area contributed by atoms with Crippen LogP contribution in [0.1, 0.15) is 62.6 Å². The zero-order valence-corrected chi connectivity index (χ0v) is 11.4. The smallest absolute Gasteiger partial charge is 0.402 e. The molecule has 1 aliphatic heterocycles. The zero-order valence-electron chi connectivity index (χ0n) is 11.4. The maximum Gasteiger partial charge on any atom is 0.402 e. The second-order valence-electron chi connectivity index (χ2n) is 5.43. The zero-order chi connectivity index (χ0) is 13.5. The number of benzene rings is 1. The Kier molecular flexibility index (Phi) is 3.35. The Labute approximate surface area is 107 Å². The van der Waals surface area contributed by atoms with Crippen LogP contribution in [0.15, 0.2) is 12.1 Å². The van der Waals surface area contributed by atoms with Crippen LogP contribution in [0.3, 0.4) is 0 Å². The van der Waals surface area contributed by atoms with Gasteiger partial charge in [-0.25, -0.2) is 0 Å². The van der Waals surface area contributed by atoms with Gasteiger partial charge in [0.2, 0.25) is 0 Å². The van der Waals surface area contributed by atoms with Gasteiger partial charge in [-0.3, -0.25) is 0 Å². The van der Waals surface area contributed by atoms with E-state index in [1.54, 1.807) is 0 Å². The van der Waals surface area contributed by atoms with E-state index in [-0.39, 0.29) is 18.3 Å². The van der Waals surface area contributed by atoms with Crippen LogP contribution in [-0.2, 0) is 6.42 Å². The first kappa shape index (κ1) is 13.3. The van der Waals surface area contributed by atoms with Crippen LogP contribution in [0.5, 0.6) is 5.75 Å². The third-order valence-corrected chi connectivity index (χ3v) is 3.73. The highest BCUT2D eigenvalue weighted by Gasteiger charge is 2.42. The normalized spacial score (nSPS) is 18.6. The molecule has 0 aromatic heterocycles. The van der Waals surface area contributed by atoms with Gasteiger partial charge in [0.05, 0.1) is 6.42 Å². The summed E-state index contributed by atoms with van der Waals surface area (Å²) < 4.78 is 31.9. The Bertz CT molecular complexity index is 452. The molecule has 1 aliphatic rings. The van der Waals surface area contributed by atoms with E-state index in [0.29, 0.717) is 11.3 Å². The van der Waals surface area contributed by atoms with Gasteiger partial charge in [-0.05, 0) is 29.4 Å². The summed E-state index contributed by atoms with van der Waals surface area (Å²) in [6.45, 7) is 8.14. The highest BCUT2D eigenvalue weighted by atomic mass is 19.3. The Hall–Kier alpha value is -1.12. The van der Waals surface area contributed by atoms with Crippen molar-refractivity contribution in [1.29, 1.82) is 0 Å². The van der Waals surface area contributed by atoms with E-state index in [1.807, 2.05) is 26.0 Å². The number of hydrogen-bond donors (Lipinski definition) is 0. The Morgan fingerprint density at radius 3 is 2.39 bits per heavy atom. The van der Waals surface area contributed by atoms with Gasteiger partial charge in [0, 0.05) is 5.56 Å². The lowest BCUT2D eigenvalue weighted by molar-refractivity contribution is -0.159. The Morgan fingerprint density at radius 1 is 1.22 bits per heavy atom. The van der Waals surface area contributed by atoms with E-state index in [4.69, 9.17) is 4.74 Å². The number of ether oxygens (including phenoxy) is 1. The summed E-state index contributed by atoms with van der Waals surface area (Å²) in [5, 5.41) is 0. The second-order valence-corrected chi connectivity index (χ2v) is 5.43. The minimum Gasteiger partial charge on any atom is -0.432 e. The maximum atomic E-state index is 13.5. The number of fused-ring (bicyclic) bond motifs is 1. The fourth-order valence-electron chi connectivity index (χ4n) is 2.49. The SMILES string of the molecule is CCC(C)c1ccc(C(C)C)c2c1CC(F)(F)O2. The average molecular weight is 254 g/mol. The molecule has 3 heteroatoms. The largest absolute Gasteiger partial charge is 0.432 e. The Balaban J connectivity index is 2.54. The van der Waals surface area contributed by atoms with Gasteiger partial charge < -0.3 is 4.74 Å². The molecule has 1 heterocycles. The predicted octanol–water partition coefficient (Wildman–Crippen LogP) is 4.85. The van der Waals surface area contributed by atoms with Crippen LogP contribution < -0.4 is 4.74 Å². The van der Waals surface area contributed by atoms with Crippen molar-refractivity contribution in [2.75, 3.05) is 0 Å². The minimum atomic E-state index is -3.05. The molecule has 1 aromatic rings. The predicted molar refractivity (Wildman–Crippen MR) is 68.5 cm³/mol. The van der Waals surface area contributed by atoms with Crippen LogP contribution >= 0.6 is 0 Å². The molecule has 0 saturated carbocycles. The van der Waals surface area contributed by atoms with Gasteiger partial charge in [0.1, 0.15) is 5.75 Å². The van der Waals surface area contributed by atoms with Gasteiger partial charge in [0.15, 0.2) is 0 Å². The van der Waals surface area contributed by atoms with Crippen molar-refractivity contribution in [3.05, 3.63) is 28.8 Å². The van der Waals surface area contributed by atoms with Crippen molar-refractivity contribution in [2.45, 2.75) is 58.5 Å². The molecule has 0 spiro atoms. The lowest BCUT2D eigenvalue weighted by Crippen LogP contribution is -2.21. The molecule has 0 amide bonds. The van der Waals surface area contributed by atoms with Crippen molar-refractivity contribution in [1.82, 2.24) is 0 Å². The minimum absolute atomic E-state index is 0.193. The molecule has 100 valence electrons. The molecule has 0 radical (unpaired) electrons. The van der Waals surface area contributed by atoms with E-state index in [1.165, 1.54) is 0 Å². The fraction of sp³-hybridized carbons (Fsp3) is 0.600. The summed E-state index contributed by atoms with van der Waals surface area (Å²) in [4.78, 5) is 0. The summed E-state index contributed by atoms with van der Waals surface area (Å²) in [5.41, 5.74) is 2.60. The lowest BCUT2D eigenvalue weighted by atomic mass is 9.88. The standard InChI is InChI=1S/C15H20F2O/c1-5-10(4)12-7-6-11(9(2)3)14-13(12)8-15(16,17)18-14/h6-7,9-10H,5,8H2,1-4H3. The first-order chi connectivity index (χ1) is 8.35. The van der Waals surface area contributed by atoms with E-state index >= 15 is 0 Å². The van der Waals surface area contributed by atoms with Crippen LogP contribution in [-0.4, -0.2) is 6.11 Å². The first-order valence-corrected chi connectivity index (χ1v) is 6.58. The molecule has 1 atom stereocenters. The monoisotopic (exact) mass is 254 g/mol. The maximum absolute atomic E-state index is 13.5. The topological polar surface area (TPSA) is 9.23 Å². The van der Waals surface area contributed by atoms with Gasteiger partial charge in [-0.15, -0.1) is 0 Å². The molecule has 0 N–H and O–H groups in total. The summed E-state index contributed by atoms with van der Waals surface area (Å²) in [5.74, 6) is 0.906. The third kappa shape index (κ3) is 2.23. The van der Waals surface area contributed by atoms with Crippen LogP contribution in [0, 0.1) is 0 Å². The molecule has 1 aromatic carbocycles. The summed E-state index contributed by atoms with van der Waals surface area (Å²) >= 11 is 0. The molecule has 0 saturated heterocycles. The molecule has 1 unspecified atom stereocenters. The highest BCUT2D eigenvalue weighted by molar-refractivity contribution is 5.51. The van der Waals surface area contributed by atoms with Crippen LogP contribution in [0.4, 0.5) is 8.78 Å². The second kappa shape index (κ2) is 4.52. The number of hydrogen-bond acceptors (Lipinski definition) is 1. The number of halogens is 2. The molecule has 0 bridgehead atoms. The van der Waals surface area contributed by atoms with Gasteiger partial charge in [-0.2, -0.15) is 8.78 Å². The number of rotatable bonds is 3. The van der Waals surface area contributed by atoms with Gasteiger partial charge >= 0.3 is 6.11 Å². The van der Waals surface area contributed by atoms with Crippen LogP contribution in [0.2, 0.25) is 0 Å². The van der Waals surface area contributed by atoms with E-state index in [2.05, 4.69) is 13.8 Å². The number of alkyl halides is 2.